The van der Waals surface area contributed by atoms with Crippen LogP contribution in [0, 0.1) is 5.82 Å². The maximum atomic E-state index is 13.1. The molecule has 12 heavy (non-hydrogen) atoms. The highest BCUT2D eigenvalue weighted by Gasteiger charge is 2.08. The van der Waals surface area contributed by atoms with E-state index in [1.807, 2.05) is 6.26 Å². The zero-order valence-corrected chi connectivity index (χ0v) is 8.18. The third-order valence-corrected chi connectivity index (χ3v) is 2.50. The molecule has 64 valence electrons. The fourth-order valence-electron chi connectivity index (χ4n) is 0.866. The smallest absolute Gasteiger partial charge is 0.133 e. The molecule has 0 radical (unpaired) electrons. The Labute approximate surface area is 80.4 Å². The van der Waals surface area contributed by atoms with Crippen molar-refractivity contribution in [2.75, 3.05) is 6.26 Å². The molecule has 0 spiro atoms. The highest BCUT2D eigenvalue weighted by Crippen LogP contribution is 2.31. The number of benzene rings is 1. The fourth-order valence-corrected chi connectivity index (χ4v) is 1.61. The van der Waals surface area contributed by atoms with E-state index >= 15 is 0 Å². The number of hydrogen-bond donors (Lipinski definition) is 0. The highest BCUT2D eigenvalue weighted by molar-refractivity contribution is 8.07. The van der Waals surface area contributed by atoms with Crippen LogP contribution in [0.25, 0.3) is 4.91 Å². The lowest BCUT2D eigenvalue weighted by Gasteiger charge is -2.05. The second-order valence-electron chi connectivity index (χ2n) is 2.22. The third kappa shape index (κ3) is 1.82. The Morgan fingerprint density at radius 3 is 2.75 bits per heavy atom. The fraction of sp³-hybridized carbons (Fsp3) is 0.111. The molecule has 0 aliphatic carbocycles. The molecule has 3 heteroatoms. The summed E-state index contributed by atoms with van der Waals surface area (Å²) < 4.78 is 13.1. The number of thioether (sulfide) groups is 1. The van der Waals surface area contributed by atoms with Gasteiger partial charge in [0, 0.05) is 10.5 Å². The van der Waals surface area contributed by atoms with Gasteiger partial charge in [-0.2, -0.15) is 0 Å². The lowest BCUT2D eigenvalue weighted by Crippen LogP contribution is -1.86. The zero-order chi connectivity index (χ0) is 9.14. The average molecular weight is 203 g/mol. The van der Waals surface area contributed by atoms with Crippen molar-refractivity contribution in [2.24, 2.45) is 0 Å². The summed E-state index contributed by atoms with van der Waals surface area (Å²) in [6.45, 7) is 3.70. The van der Waals surface area contributed by atoms with Crippen molar-refractivity contribution in [2.45, 2.75) is 0 Å². The van der Waals surface area contributed by atoms with Crippen molar-refractivity contribution in [1.82, 2.24) is 0 Å². The van der Waals surface area contributed by atoms with E-state index < -0.39 is 0 Å². The molecular formula is C9H8ClFS. The summed E-state index contributed by atoms with van der Waals surface area (Å²) in [4.78, 5) is 0.651. The van der Waals surface area contributed by atoms with Crippen LogP contribution in [0.3, 0.4) is 0 Å². The lowest BCUT2D eigenvalue weighted by molar-refractivity contribution is 0.625. The molecule has 1 rings (SSSR count). The number of halogens is 2. The van der Waals surface area contributed by atoms with Gasteiger partial charge >= 0.3 is 0 Å². The van der Waals surface area contributed by atoms with Gasteiger partial charge in [-0.1, -0.05) is 24.2 Å². The van der Waals surface area contributed by atoms with Gasteiger partial charge in [0.15, 0.2) is 0 Å². The van der Waals surface area contributed by atoms with Crippen LogP contribution in [-0.2, 0) is 0 Å². The topological polar surface area (TPSA) is 0 Å². The first-order valence-electron chi connectivity index (χ1n) is 3.34. The van der Waals surface area contributed by atoms with Crippen molar-refractivity contribution >= 4 is 28.3 Å². The predicted octanol–water partition coefficient (Wildman–Crippen LogP) is 3.81. The van der Waals surface area contributed by atoms with Gasteiger partial charge in [0.05, 0.1) is 5.02 Å². The SMILES string of the molecule is C=C(SC)c1c(F)cccc1Cl. The van der Waals surface area contributed by atoms with Crippen LogP contribution in [0.4, 0.5) is 4.39 Å². The van der Waals surface area contributed by atoms with E-state index in [4.69, 9.17) is 11.6 Å². The molecule has 0 bridgehead atoms. The van der Waals surface area contributed by atoms with E-state index in [1.54, 1.807) is 12.1 Å². The predicted molar refractivity (Wildman–Crippen MR) is 54.0 cm³/mol. The van der Waals surface area contributed by atoms with Crippen molar-refractivity contribution in [3.8, 4) is 0 Å². The van der Waals surface area contributed by atoms with E-state index in [9.17, 15) is 4.39 Å². The summed E-state index contributed by atoms with van der Waals surface area (Å²) in [5.74, 6) is -0.318. The molecule has 1 aromatic rings. The molecular weight excluding hydrogens is 195 g/mol. The van der Waals surface area contributed by atoms with Gasteiger partial charge < -0.3 is 0 Å². The summed E-state index contributed by atoms with van der Waals surface area (Å²) in [5, 5.41) is 0.411. The molecule has 0 nitrogen and oxygen atoms in total. The van der Waals surface area contributed by atoms with Crippen LogP contribution >= 0.6 is 23.4 Å². The first-order valence-corrected chi connectivity index (χ1v) is 4.94. The van der Waals surface area contributed by atoms with Crippen LogP contribution in [-0.4, -0.2) is 6.26 Å². The summed E-state index contributed by atoms with van der Waals surface area (Å²) in [6.07, 6.45) is 1.84. The van der Waals surface area contributed by atoms with Gasteiger partial charge in [0.25, 0.3) is 0 Å². The van der Waals surface area contributed by atoms with Crippen molar-refractivity contribution < 1.29 is 4.39 Å². The number of hydrogen-bond acceptors (Lipinski definition) is 1. The zero-order valence-electron chi connectivity index (χ0n) is 6.60. The Kier molecular flexibility index (Phi) is 3.18. The maximum Gasteiger partial charge on any atom is 0.133 e. The Bertz CT molecular complexity index is 289. The summed E-state index contributed by atoms with van der Waals surface area (Å²) in [5.41, 5.74) is 0.409. The Morgan fingerprint density at radius 1 is 1.58 bits per heavy atom. The first kappa shape index (κ1) is 9.62. The summed E-state index contributed by atoms with van der Waals surface area (Å²) in [6, 6.07) is 4.61. The van der Waals surface area contributed by atoms with E-state index in [0.717, 1.165) is 0 Å². The van der Waals surface area contributed by atoms with E-state index in [-0.39, 0.29) is 5.82 Å². The van der Waals surface area contributed by atoms with Crippen molar-refractivity contribution in [3.63, 3.8) is 0 Å². The monoisotopic (exact) mass is 202 g/mol. The molecule has 0 saturated heterocycles. The first-order chi connectivity index (χ1) is 5.66. The van der Waals surface area contributed by atoms with Gasteiger partial charge in [-0.05, 0) is 18.4 Å². The van der Waals surface area contributed by atoms with Crippen LogP contribution in [0.1, 0.15) is 5.56 Å². The average Bonchev–Trinajstić information content (AvgIpc) is 2.03. The Hall–Kier alpha value is -0.470. The van der Waals surface area contributed by atoms with Gasteiger partial charge in [0.2, 0.25) is 0 Å². The highest BCUT2D eigenvalue weighted by atomic mass is 35.5. The molecule has 0 atom stereocenters. The largest absolute Gasteiger partial charge is 0.206 e. The molecule has 0 N–H and O–H groups in total. The van der Waals surface area contributed by atoms with Crippen LogP contribution in [0.2, 0.25) is 5.02 Å². The minimum atomic E-state index is -0.318. The Balaban J connectivity index is 3.21. The molecule has 0 fully saturated rings. The molecule has 0 amide bonds. The second-order valence-corrected chi connectivity index (χ2v) is 3.53. The molecule has 0 heterocycles. The van der Waals surface area contributed by atoms with E-state index in [2.05, 4.69) is 6.58 Å². The van der Waals surface area contributed by atoms with Gasteiger partial charge in [-0.3, -0.25) is 0 Å². The normalized spacial score (nSPS) is 9.92. The van der Waals surface area contributed by atoms with Crippen LogP contribution in [0.15, 0.2) is 24.8 Å². The van der Waals surface area contributed by atoms with Gasteiger partial charge in [0.1, 0.15) is 5.82 Å². The molecule has 0 aromatic heterocycles. The third-order valence-electron chi connectivity index (χ3n) is 1.49. The Morgan fingerprint density at radius 2 is 2.25 bits per heavy atom. The van der Waals surface area contributed by atoms with Crippen LogP contribution in [0.5, 0.6) is 0 Å². The minimum absolute atomic E-state index is 0.318. The van der Waals surface area contributed by atoms with E-state index in [1.165, 1.54) is 17.8 Å². The molecule has 0 saturated carbocycles. The number of rotatable bonds is 2. The molecule has 0 unspecified atom stereocenters. The lowest BCUT2D eigenvalue weighted by atomic mass is 10.2. The van der Waals surface area contributed by atoms with E-state index in [0.29, 0.717) is 15.5 Å². The standard InChI is InChI=1S/C9H8ClFS/c1-6(12-2)9-7(10)4-3-5-8(9)11/h3-5H,1H2,2H3. The van der Waals surface area contributed by atoms with Crippen molar-refractivity contribution in [1.29, 1.82) is 0 Å². The quantitative estimate of drug-likeness (QED) is 0.703. The molecule has 0 aliphatic rings. The molecule has 1 aromatic carbocycles. The van der Waals surface area contributed by atoms with Gasteiger partial charge in [-0.25, -0.2) is 4.39 Å². The maximum absolute atomic E-state index is 13.1. The molecule has 0 aliphatic heterocycles. The minimum Gasteiger partial charge on any atom is -0.206 e. The summed E-state index contributed by atoms with van der Waals surface area (Å²) in [7, 11) is 0. The van der Waals surface area contributed by atoms with Crippen molar-refractivity contribution in [3.05, 3.63) is 41.2 Å². The van der Waals surface area contributed by atoms with Gasteiger partial charge in [-0.15, -0.1) is 11.8 Å². The second kappa shape index (κ2) is 3.97. The summed E-state index contributed by atoms with van der Waals surface area (Å²) >= 11 is 7.18. The van der Waals surface area contributed by atoms with Crippen LogP contribution < -0.4 is 0 Å².